The minimum Gasteiger partial charge on any atom is -0.364 e. The van der Waals surface area contributed by atoms with Gasteiger partial charge in [0.05, 0.1) is 12.2 Å². The standard InChI is InChI=1S/C16H18FN3O2/c1-11-18-9-8-12(20-11)10-19-15(21)16(2,22-3)13-6-4-5-7-14(13)17/h4-9H,10H2,1-3H3,(H,19,21)/t16-/m1/s1. The molecule has 5 nitrogen and oxygen atoms in total. The van der Waals surface area contributed by atoms with E-state index in [1.54, 1.807) is 31.3 Å². The third-order valence-electron chi connectivity index (χ3n) is 3.49. The van der Waals surface area contributed by atoms with Crippen LogP contribution in [0.5, 0.6) is 0 Å². The molecule has 2 aromatic rings. The van der Waals surface area contributed by atoms with Crippen LogP contribution in [0.3, 0.4) is 0 Å². The van der Waals surface area contributed by atoms with Crippen molar-refractivity contribution in [1.82, 2.24) is 15.3 Å². The Morgan fingerprint density at radius 3 is 2.73 bits per heavy atom. The molecule has 6 heteroatoms. The largest absolute Gasteiger partial charge is 0.364 e. The molecule has 116 valence electrons. The molecule has 1 amide bonds. The second kappa shape index (κ2) is 6.62. The number of amides is 1. The molecular formula is C16H18FN3O2. The van der Waals surface area contributed by atoms with E-state index >= 15 is 0 Å². The maximum atomic E-state index is 14.0. The molecule has 0 spiro atoms. The van der Waals surface area contributed by atoms with Gasteiger partial charge in [-0.1, -0.05) is 18.2 Å². The van der Waals surface area contributed by atoms with Crippen molar-refractivity contribution >= 4 is 5.91 Å². The number of ether oxygens (including phenoxy) is 1. The minimum atomic E-state index is -1.41. The molecule has 0 aliphatic rings. The third kappa shape index (κ3) is 3.28. The highest BCUT2D eigenvalue weighted by atomic mass is 19.1. The van der Waals surface area contributed by atoms with E-state index in [9.17, 15) is 9.18 Å². The lowest BCUT2D eigenvalue weighted by atomic mass is 9.94. The highest BCUT2D eigenvalue weighted by Gasteiger charge is 2.37. The number of hydrogen-bond donors (Lipinski definition) is 1. The number of halogens is 1. The van der Waals surface area contributed by atoms with E-state index in [1.165, 1.54) is 26.2 Å². The molecule has 0 bridgehead atoms. The lowest BCUT2D eigenvalue weighted by Gasteiger charge is -2.27. The molecule has 2 rings (SSSR count). The highest BCUT2D eigenvalue weighted by molar-refractivity contribution is 5.86. The second-order valence-corrected chi connectivity index (χ2v) is 5.00. The number of benzene rings is 1. The van der Waals surface area contributed by atoms with Gasteiger partial charge in [0, 0.05) is 18.9 Å². The van der Waals surface area contributed by atoms with Gasteiger partial charge < -0.3 is 10.1 Å². The van der Waals surface area contributed by atoms with Crippen molar-refractivity contribution in [3.8, 4) is 0 Å². The van der Waals surface area contributed by atoms with Crippen LogP contribution < -0.4 is 5.32 Å². The number of rotatable bonds is 5. The average Bonchev–Trinajstić information content (AvgIpc) is 2.52. The van der Waals surface area contributed by atoms with Crippen molar-refractivity contribution < 1.29 is 13.9 Å². The van der Waals surface area contributed by atoms with Crippen LogP contribution in [0, 0.1) is 12.7 Å². The molecule has 0 saturated heterocycles. The van der Waals surface area contributed by atoms with Gasteiger partial charge in [-0.25, -0.2) is 14.4 Å². The Labute approximate surface area is 128 Å². The van der Waals surface area contributed by atoms with Crippen LogP contribution in [0.4, 0.5) is 4.39 Å². The van der Waals surface area contributed by atoms with Gasteiger partial charge in [-0.15, -0.1) is 0 Å². The summed E-state index contributed by atoms with van der Waals surface area (Å²) < 4.78 is 19.3. The van der Waals surface area contributed by atoms with Gasteiger partial charge in [0.15, 0.2) is 5.60 Å². The molecule has 1 N–H and O–H groups in total. The van der Waals surface area contributed by atoms with Crippen molar-refractivity contribution in [2.24, 2.45) is 0 Å². The number of nitrogens with zero attached hydrogens (tertiary/aromatic N) is 2. The summed E-state index contributed by atoms with van der Waals surface area (Å²) in [6.45, 7) is 3.52. The number of hydrogen-bond acceptors (Lipinski definition) is 4. The normalized spacial score (nSPS) is 13.5. The molecule has 0 radical (unpaired) electrons. The first-order valence-corrected chi connectivity index (χ1v) is 6.84. The average molecular weight is 303 g/mol. The van der Waals surface area contributed by atoms with Gasteiger partial charge in [0.25, 0.3) is 5.91 Å². The first-order valence-electron chi connectivity index (χ1n) is 6.84. The van der Waals surface area contributed by atoms with Gasteiger partial charge in [-0.05, 0) is 26.0 Å². The van der Waals surface area contributed by atoms with Gasteiger partial charge >= 0.3 is 0 Å². The fourth-order valence-corrected chi connectivity index (χ4v) is 2.12. The lowest BCUT2D eigenvalue weighted by Crippen LogP contribution is -2.44. The van der Waals surface area contributed by atoms with E-state index in [2.05, 4.69) is 15.3 Å². The molecular weight excluding hydrogens is 285 g/mol. The van der Waals surface area contributed by atoms with E-state index in [1.807, 2.05) is 0 Å². The van der Waals surface area contributed by atoms with E-state index in [0.717, 1.165) is 0 Å². The Morgan fingerprint density at radius 1 is 1.36 bits per heavy atom. The van der Waals surface area contributed by atoms with E-state index in [0.29, 0.717) is 11.5 Å². The fraction of sp³-hybridized carbons (Fsp3) is 0.312. The molecule has 0 fully saturated rings. The number of carbonyl (C=O) groups is 1. The van der Waals surface area contributed by atoms with Crippen LogP contribution in [-0.4, -0.2) is 23.0 Å². The van der Waals surface area contributed by atoms with Crippen LogP contribution in [-0.2, 0) is 21.7 Å². The summed E-state index contributed by atoms with van der Waals surface area (Å²) in [5, 5.41) is 2.72. The van der Waals surface area contributed by atoms with Crippen molar-refractivity contribution in [3.63, 3.8) is 0 Å². The smallest absolute Gasteiger partial charge is 0.257 e. The van der Waals surface area contributed by atoms with Crippen LogP contribution in [0.1, 0.15) is 24.0 Å². The summed E-state index contributed by atoms with van der Waals surface area (Å²) in [6, 6.07) is 7.77. The molecule has 1 atom stereocenters. The maximum Gasteiger partial charge on any atom is 0.257 e. The predicted octanol–water partition coefficient (Wildman–Crippen LogP) is 2.10. The van der Waals surface area contributed by atoms with Crippen LogP contribution in [0.25, 0.3) is 0 Å². The molecule has 0 aliphatic carbocycles. The zero-order valence-electron chi connectivity index (χ0n) is 12.8. The minimum absolute atomic E-state index is 0.189. The summed E-state index contributed by atoms with van der Waals surface area (Å²) in [4.78, 5) is 20.7. The van der Waals surface area contributed by atoms with Crippen LogP contribution in [0.2, 0.25) is 0 Å². The Bertz CT molecular complexity index is 678. The van der Waals surface area contributed by atoms with Crippen LogP contribution in [0.15, 0.2) is 36.5 Å². The summed E-state index contributed by atoms with van der Waals surface area (Å²) in [5.74, 6) is -0.299. The predicted molar refractivity (Wildman–Crippen MR) is 79.4 cm³/mol. The molecule has 0 saturated carbocycles. The van der Waals surface area contributed by atoms with E-state index in [-0.39, 0.29) is 12.1 Å². The van der Waals surface area contributed by atoms with Crippen LogP contribution >= 0.6 is 0 Å². The topological polar surface area (TPSA) is 64.1 Å². The summed E-state index contributed by atoms with van der Waals surface area (Å²) in [5.41, 5.74) is -0.547. The first kappa shape index (κ1) is 16.0. The number of methoxy groups -OCH3 is 1. The molecule has 22 heavy (non-hydrogen) atoms. The first-order chi connectivity index (χ1) is 10.5. The van der Waals surface area contributed by atoms with Crippen molar-refractivity contribution in [3.05, 3.63) is 59.4 Å². The van der Waals surface area contributed by atoms with Gasteiger partial charge in [0.1, 0.15) is 11.6 Å². The van der Waals surface area contributed by atoms with Crippen molar-refractivity contribution in [1.29, 1.82) is 0 Å². The molecule has 1 aromatic heterocycles. The Morgan fingerprint density at radius 2 is 2.09 bits per heavy atom. The fourth-order valence-electron chi connectivity index (χ4n) is 2.12. The summed E-state index contributed by atoms with van der Waals surface area (Å²) in [7, 11) is 1.38. The second-order valence-electron chi connectivity index (χ2n) is 5.00. The van der Waals surface area contributed by atoms with E-state index < -0.39 is 17.3 Å². The monoisotopic (exact) mass is 303 g/mol. The highest BCUT2D eigenvalue weighted by Crippen LogP contribution is 2.27. The maximum absolute atomic E-state index is 14.0. The number of carbonyl (C=O) groups excluding carboxylic acids is 1. The summed E-state index contributed by atoms with van der Waals surface area (Å²) >= 11 is 0. The van der Waals surface area contributed by atoms with Crippen molar-refractivity contribution in [2.75, 3.05) is 7.11 Å². The Kier molecular flexibility index (Phi) is 4.82. The quantitative estimate of drug-likeness (QED) is 0.919. The Hall–Kier alpha value is -2.34. The molecule has 1 heterocycles. The lowest BCUT2D eigenvalue weighted by molar-refractivity contribution is -0.143. The van der Waals surface area contributed by atoms with Gasteiger partial charge in [-0.3, -0.25) is 4.79 Å². The van der Waals surface area contributed by atoms with E-state index in [4.69, 9.17) is 4.74 Å². The molecule has 0 unspecified atom stereocenters. The Balaban J connectivity index is 2.17. The van der Waals surface area contributed by atoms with Gasteiger partial charge in [-0.2, -0.15) is 0 Å². The number of aryl methyl sites for hydroxylation is 1. The van der Waals surface area contributed by atoms with Gasteiger partial charge in [0.2, 0.25) is 0 Å². The number of nitrogens with one attached hydrogen (secondary N) is 1. The number of aromatic nitrogens is 2. The third-order valence-corrected chi connectivity index (χ3v) is 3.49. The molecule has 0 aliphatic heterocycles. The zero-order valence-corrected chi connectivity index (χ0v) is 12.8. The summed E-state index contributed by atoms with van der Waals surface area (Å²) in [6.07, 6.45) is 1.62. The molecule has 1 aromatic carbocycles. The zero-order chi connectivity index (χ0) is 16.2. The SMILES string of the molecule is CO[C@@](C)(C(=O)NCc1ccnc(C)n1)c1ccccc1F. The van der Waals surface area contributed by atoms with Crippen molar-refractivity contribution in [2.45, 2.75) is 26.0 Å².